The van der Waals surface area contributed by atoms with E-state index in [9.17, 15) is 14.4 Å². The van der Waals surface area contributed by atoms with Crippen LogP contribution in [0.5, 0.6) is 11.5 Å². The molecule has 0 saturated carbocycles. The number of halogens is 1. The van der Waals surface area contributed by atoms with E-state index >= 15 is 0 Å². The Labute approximate surface area is 176 Å². The van der Waals surface area contributed by atoms with Gasteiger partial charge < -0.3 is 9.47 Å². The van der Waals surface area contributed by atoms with E-state index in [0.29, 0.717) is 22.1 Å². The Bertz CT molecular complexity index is 1010. The Morgan fingerprint density at radius 1 is 1.21 bits per heavy atom. The first-order valence-electron chi connectivity index (χ1n) is 9.16. The number of hydrogen-bond donors (Lipinski definition) is 1. The van der Waals surface area contributed by atoms with Gasteiger partial charge in [-0.1, -0.05) is 29.4 Å². The third-order valence-electron chi connectivity index (χ3n) is 5.14. The van der Waals surface area contributed by atoms with Crippen molar-refractivity contribution in [3.05, 3.63) is 58.1 Å². The van der Waals surface area contributed by atoms with Crippen molar-refractivity contribution in [2.24, 2.45) is 0 Å². The van der Waals surface area contributed by atoms with E-state index in [2.05, 4.69) is 10.1 Å². The van der Waals surface area contributed by atoms with Gasteiger partial charge in [-0.15, -0.1) is 0 Å². The summed E-state index contributed by atoms with van der Waals surface area (Å²) in [4.78, 5) is 35.3. The molecular weight excluding hydrogens is 414 g/mol. The lowest BCUT2D eigenvalue weighted by Crippen LogP contribution is -2.30. The smallest absolute Gasteiger partial charge is 0.337 e. The molecule has 0 spiro atoms. The molecule has 2 amide bonds. The summed E-state index contributed by atoms with van der Waals surface area (Å²) in [5.41, 5.74) is 2.53. The van der Waals surface area contributed by atoms with E-state index in [1.807, 2.05) is 18.2 Å². The number of carbonyl (C=O) groups is 3. The number of imide groups is 1. The first kappa shape index (κ1) is 19.8. The van der Waals surface area contributed by atoms with Gasteiger partial charge in [-0.2, -0.15) is 0 Å². The van der Waals surface area contributed by atoms with E-state index in [1.165, 1.54) is 13.2 Å². The number of rotatable bonds is 4. The highest BCUT2D eigenvalue weighted by atomic mass is 35.5. The number of thioether (sulfide) groups is 1. The number of aryl methyl sites for hydroxylation is 1. The topological polar surface area (TPSA) is 81.7 Å². The van der Waals surface area contributed by atoms with Crippen LogP contribution in [0.25, 0.3) is 0 Å². The molecule has 2 aromatic carbocycles. The first-order chi connectivity index (χ1) is 14.0. The van der Waals surface area contributed by atoms with Crippen LogP contribution in [0.4, 0.5) is 4.79 Å². The van der Waals surface area contributed by atoms with Gasteiger partial charge in [0.25, 0.3) is 5.24 Å². The van der Waals surface area contributed by atoms with Crippen molar-refractivity contribution in [2.45, 2.75) is 30.4 Å². The van der Waals surface area contributed by atoms with Gasteiger partial charge in [-0.3, -0.25) is 14.9 Å². The maximum Gasteiger partial charge on any atom is 0.337 e. The molecule has 1 N–H and O–H groups in total. The molecule has 2 aliphatic rings. The quantitative estimate of drug-likeness (QED) is 0.707. The molecule has 1 aliphatic carbocycles. The Morgan fingerprint density at radius 2 is 2.03 bits per heavy atom. The number of fused-ring (bicyclic) bond motifs is 1. The van der Waals surface area contributed by atoms with Crippen LogP contribution in [0.3, 0.4) is 0 Å². The highest BCUT2D eigenvalue weighted by molar-refractivity contribution is 8.15. The summed E-state index contributed by atoms with van der Waals surface area (Å²) in [6.07, 6.45) is 2.69. The molecule has 6 nitrogen and oxygen atoms in total. The fraction of sp³-hybridized carbons (Fsp3) is 0.286. The molecule has 4 rings (SSSR count). The lowest BCUT2D eigenvalue weighted by atomic mass is 9.80. The van der Waals surface area contributed by atoms with Crippen molar-refractivity contribution in [2.75, 3.05) is 7.11 Å². The number of ether oxygens (including phenoxy) is 2. The summed E-state index contributed by atoms with van der Waals surface area (Å²) in [6, 6.07) is 10.5. The largest absolute Gasteiger partial charge is 0.465 e. The molecular formula is C21H18ClNO5S. The zero-order valence-corrected chi connectivity index (χ0v) is 17.1. The molecule has 8 heteroatoms. The average molecular weight is 432 g/mol. The second-order valence-corrected chi connectivity index (χ2v) is 8.43. The van der Waals surface area contributed by atoms with Crippen molar-refractivity contribution in [1.29, 1.82) is 0 Å². The monoisotopic (exact) mass is 431 g/mol. The Hall–Kier alpha value is -2.51. The van der Waals surface area contributed by atoms with E-state index in [0.717, 1.165) is 42.2 Å². The van der Waals surface area contributed by atoms with Crippen molar-refractivity contribution in [3.63, 3.8) is 0 Å². The summed E-state index contributed by atoms with van der Waals surface area (Å²) in [5.74, 6) is 0.382. The van der Waals surface area contributed by atoms with Crippen molar-refractivity contribution in [1.82, 2.24) is 5.32 Å². The van der Waals surface area contributed by atoms with E-state index in [1.54, 1.807) is 12.1 Å². The average Bonchev–Trinajstić information content (AvgIpc) is 3.06. The van der Waals surface area contributed by atoms with Gasteiger partial charge in [0.1, 0.15) is 16.7 Å². The molecule has 150 valence electrons. The van der Waals surface area contributed by atoms with Crippen LogP contribution in [0.2, 0.25) is 5.02 Å². The Morgan fingerprint density at radius 3 is 2.72 bits per heavy atom. The highest BCUT2D eigenvalue weighted by Gasteiger charge is 2.40. The summed E-state index contributed by atoms with van der Waals surface area (Å²) in [6.45, 7) is 0. The fourth-order valence-electron chi connectivity index (χ4n) is 3.80. The van der Waals surface area contributed by atoms with Gasteiger partial charge in [-0.05, 0) is 60.7 Å². The summed E-state index contributed by atoms with van der Waals surface area (Å²) in [5, 5.41) is 2.02. The predicted octanol–water partition coefficient (Wildman–Crippen LogP) is 4.69. The van der Waals surface area contributed by atoms with Crippen molar-refractivity contribution in [3.8, 4) is 11.5 Å². The molecule has 2 atom stereocenters. The predicted molar refractivity (Wildman–Crippen MR) is 110 cm³/mol. The lowest BCUT2D eigenvalue weighted by molar-refractivity contribution is -0.119. The number of amides is 2. The molecule has 0 bridgehead atoms. The van der Waals surface area contributed by atoms with Gasteiger partial charge in [0, 0.05) is 5.92 Å². The van der Waals surface area contributed by atoms with Gasteiger partial charge >= 0.3 is 5.97 Å². The number of methoxy groups -OCH3 is 1. The minimum absolute atomic E-state index is 0.00665. The molecule has 1 aliphatic heterocycles. The minimum Gasteiger partial charge on any atom is -0.465 e. The molecule has 2 aromatic rings. The fourth-order valence-corrected chi connectivity index (χ4v) is 5.02. The summed E-state index contributed by atoms with van der Waals surface area (Å²) >= 11 is 7.32. The van der Waals surface area contributed by atoms with Crippen molar-refractivity contribution < 1.29 is 23.9 Å². The van der Waals surface area contributed by atoms with E-state index in [-0.39, 0.29) is 22.3 Å². The van der Waals surface area contributed by atoms with E-state index < -0.39 is 5.97 Å². The molecule has 1 saturated heterocycles. The van der Waals surface area contributed by atoms with Gasteiger partial charge in [0.2, 0.25) is 5.91 Å². The molecule has 0 radical (unpaired) electrons. The number of benzene rings is 2. The first-order valence-corrected chi connectivity index (χ1v) is 10.4. The van der Waals surface area contributed by atoms with Crippen molar-refractivity contribution >= 4 is 40.5 Å². The standard InChI is InChI=1S/C21H18ClNO5S/c1-27-20(25)12-5-8-17(16(22)10-12)28-13-6-7-14-11(9-13)3-2-4-15(14)18-19(24)23-21(26)29-18/h5-10,15,18H,2-4H2,1H3,(H,23,24,26)/t15-,18?/m1/s1. The van der Waals surface area contributed by atoms with Gasteiger partial charge in [0.05, 0.1) is 17.7 Å². The Kier molecular flexibility index (Phi) is 5.52. The van der Waals surface area contributed by atoms with Crippen LogP contribution in [0.15, 0.2) is 36.4 Å². The molecule has 1 unspecified atom stereocenters. The normalized spacial score (nSPS) is 20.8. The van der Waals surface area contributed by atoms with E-state index in [4.69, 9.17) is 16.3 Å². The SMILES string of the molecule is COC(=O)c1ccc(Oc2ccc3c(c2)CCC[C@H]3C2SC(=O)NC2=O)c(Cl)c1. The van der Waals surface area contributed by atoms with Crippen LogP contribution < -0.4 is 10.1 Å². The second kappa shape index (κ2) is 8.08. The number of nitrogens with one attached hydrogen (secondary N) is 1. The molecule has 29 heavy (non-hydrogen) atoms. The number of esters is 1. The van der Waals surface area contributed by atoms with Crippen LogP contribution in [0.1, 0.15) is 40.2 Å². The second-order valence-electron chi connectivity index (χ2n) is 6.91. The van der Waals surface area contributed by atoms with Crippen LogP contribution >= 0.6 is 23.4 Å². The maximum absolute atomic E-state index is 12.1. The van der Waals surface area contributed by atoms with Crippen LogP contribution in [0, 0.1) is 0 Å². The lowest BCUT2D eigenvalue weighted by Gasteiger charge is -2.28. The van der Waals surface area contributed by atoms with Crippen LogP contribution in [-0.2, 0) is 16.0 Å². The molecule has 1 fully saturated rings. The third kappa shape index (κ3) is 3.97. The molecule has 0 aromatic heterocycles. The molecule has 1 heterocycles. The third-order valence-corrected chi connectivity index (χ3v) is 6.55. The number of hydrogen-bond acceptors (Lipinski definition) is 6. The number of carbonyl (C=O) groups excluding carboxylic acids is 3. The van der Waals surface area contributed by atoms with Gasteiger partial charge in [0.15, 0.2) is 0 Å². The highest BCUT2D eigenvalue weighted by Crippen LogP contribution is 2.42. The zero-order chi connectivity index (χ0) is 20.5. The van der Waals surface area contributed by atoms with Gasteiger partial charge in [-0.25, -0.2) is 4.79 Å². The zero-order valence-electron chi connectivity index (χ0n) is 15.6. The summed E-state index contributed by atoms with van der Waals surface area (Å²) in [7, 11) is 1.31. The minimum atomic E-state index is -0.467. The Balaban J connectivity index is 1.56. The van der Waals surface area contributed by atoms with Crippen LogP contribution in [-0.4, -0.2) is 29.5 Å². The maximum atomic E-state index is 12.1. The summed E-state index contributed by atoms with van der Waals surface area (Å²) < 4.78 is 10.6.